The van der Waals surface area contributed by atoms with Crippen molar-refractivity contribution in [1.29, 1.82) is 0 Å². The van der Waals surface area contributed by atoms with Gasteiger partial charge in [-0.15, -0.1) is 0 Å². The number of benzene rings is 2. The molecule has 5 atom stereocenters. The molecule has 46 heavy (non-hydrogen) atoms. The Bertz CT molecular complexity index is 1730. The number of aryl methyl sites for hydroxylation is 1. The van der Waals surface area contributed by atoms with Gasteiger partial charge in [0, 0.05) is 33.8 Å². The number of hydrogen-bond donors (Lipinski definition) is 0. The molecule has 1 fully saturated rings. The van der Waals surface area contributed by atoms with E-state index in [1.165, 1.54) is 25.1 Å². The monoisotopic (exact) mass is 640 g/mol. The van der Waals surface area contributed by atoms with Crippen molar-refractivity contribution in [3.8, 4) is 28.4 Å². The van der Waals surface area contributed by atoms with E-state index in [0.717, 1.165) is 20.8 Å². The first-order chi connectivity index (χ1) is 21.9. The van der Waals surface area contributed by atoms with E-state index in [1.54, 1.807) is 25.1 Å². The molecule has 5 rings (SSSR count). The van der Waals surface area contributed by atoms with Gasteiger partial charge in [-0.2, -0.15) is 0 Å². The zero-order chi connectivity index (χ0) is 33.1. The van der Waals surface area contributed by atoms with Gasteiger partial charge in [0.2, 0.25) is 17.8 Å². The van der Waals surface area contributed by atoms with Gasteiger partial charge in [-0.1, -0.05) is 6.07 Å². The van der Waals surface area contributed by atoms with Gasteiger partial charge in [-0.3, -0.25) is 24.0 Å². The summed E-state index contributed by atoms with van der Waals surface area (Å²) >= 11 is 0. The summed E-state index contributed by atoms with van der Waals surface area (Å²) in [4.78, 5) is 61.4. The second-order valence-electron chi connectivity index (χ2n) is 10.6. The van der Waals surface area contributed by atoms with Gasteiger partial charge < -0.3 is 42.3 Å². The third-order valence-electron chi connectivity index (χ3n) is 7.07. The quantitative estimate of drug-likeness (QED) is 0.260. The van der Waals surface area contributed by atoms with Crippen molar-refractivity contribution in [1.82, 2.24) is 0 Å². The highest BCUT2D eigenvalue weighted by molar-refractivity contribution is 5.84. The van der Waals surface area contributed by atoms with E-state index in [2.05, 4.69) is 0 Å². The SMILES string of the molecule is CC(=O)OC[C@@H]1O[C@@H](Oc2ccc3c(=O)c(-c4ccc5c(c4)OCCO5)c(C)oc3c2)[C@@H](OC(C)=O)[C@@H](OC(C)=O)[C@@H]1OC(C)=O. The molecule has 0 amide bonds. The Morgan fingerprint density at radius 1 is 0.783 bits per heavy atom. The fourth-order valence-corrected chi connectivity index (χ4v) is 5.31. The Kier molecular flexibility index (Phi) is 9.46. The van der Waals surface area contributed by atoms with Crippen LogP contribution in [-0.4, -0.2) is 74.4 Å². The van der Waals surface area contributed by atoms with Crippen LogP contribution in [0.3, 0.4) is 0 Å². The van der Waals surface area contributed by atoms with Gasteiger partial charge >= 0.3 is 23.9 Å². The van der Waals surface area contributed by atoms with Crippen LogP contribution in [0.15, 0.2) is 45.6 Å². The topological polar surface area (TPSA) is 172 Å². The molecule has 1 saturated heterocycles. The second kappa shape index (κ2) is 13.5. The fraction of sp³-hybridized carbons (Fsp3) is 0.406. The van der Waals surface area contributed by atoms with E-state index >= 15 is 0 Å². The van der Waals surface area contributed by atoms with Crippen molar-refractivity contribution in [3.63, 3.8) is 0 Å². The van der Waals surface area contributed by atoms with Gasteiger partial charge in [0.1, 0.15) is 43.0 Å². The molecule has 0 spiro atoms. The van der Waals surface area contributed by atoms with E-state index < -0.39 is 61.2 Å². The first kappa shape index (κ1) is 32.3. The van der Waals surface area contributed by atoms with E-state index in [9.17, 15) is 24.0 Å². The maximum Gasteiger partial charge on any atom is 0.303 e. The molecule has 14 nitrogen and oxygen atoms in total. The van der Waals surface area contributed by atoms with E-state index in [4.69, 9.17) is 42.3 Å². The third kappa shape index (κ3) is 7.07. The van der Waals surface area contributed by atoms with E-state index in [0.29, 0.717) is 41.6 Å². The number of hydrogen-bond acceptors (Lipinski definition) is 14. The molecule has 0 N–H and O–H groups in total. The van der Waals surface area contributed by atoms with Crippen molar-refractivity contribution in [3.05, 3.63) is 52.4 Å². The normalized spacial score (nSPS) is 22.0. The summed E-state index contributed by atoms with van der Waals surface area (Å²) in [5.41, 5.74) is 0.828. The number of ether oxygens (including phenoxy) is 8. The molecular formula is C32H32O14. The molecule has 244 valence electrons. The molecule has 3 aromatic rings. The van der Waals surface area contributed by atoms with Gasteiger partial charge in [-0.25, -0.2) is 0 Å². The van der Waals surface area contributed by atoms with Crippen LogP contribution in [-0.2, 0) is 42.9 Å². The lowest BCUT2D eigenvalue weighted by Gasteiger charge is -2.43. The molecule has 0 bridgehead atoms. The van der Waals surface area contributed by atoms with Crippen LogP contribution in [0, 0.1) is 6.92 Å². The van der Waals surface area contributed by atoms with Crippen molar-refractivity contribution < 1.29 is 61.5 Å². The number of carbonyl (C=O) groups is 4. The molecule has 0 aliphatic carbocycles. The van der Waals surface area contributed by atoms with Crippen LogP contribution >= 0.6 is 0 Å². The highest BCUT2D eigenvalue weighted by Gasteiger charge is 2.53. The van der Waals surface area contributed by atoms with Crippen LogP contribution in [0.1, 0.15) is 33.5 Å². The summed E-state index contributed by atoms with van der Waals surface area (Å²) in [7, 11) is 0. The molecule has 2 aliphatic heterocycles. The smallest absolute Gasteiger partial charge is 0.303 e. The Labute approximate surface area is 262 Å². The van der Waals surface area contributed by atoms with Crippen molar-refractivity contribution >= 4 is 34.8 Å². The maximum absolute atomic E-state index is 13.6. The standard InChI is InChI=1S/C32H32O14/c1-15-27(20-6-9-23-25(12-20)39-11-10-38-23)28(37)22-8-7-21(13-24(22)41-15)45-32-31(44-19(5)36)30(43-18(4)35)29(42-17(3)34)26(46-32)14-40-16(2)33/h6-9,12-13,26,29-32H,10-11,14H2,1-5H3/t26-,29+,30-,31-,32+/m0/s1. The molecule has 1 aromatic heterocycles. The van der Waals surface area contributed by atoms with Crippen molar-refractivity contribution in [2.45, 2.75) is 65.3 Å². The summed E-state index contributed by atoms with van der Waals surface area (Å²) in [5, 5.41) is 0.254. The number of rotatable bonds is 8. The molecule has 0 saturated carbocycles. The average molecular weight is 641 g/mol. The predicted octanol–water partition coefficient (Wildman–Crippen LogP) is 3.00. The summed E-state index contributed by atoms with van der Waals surface area (Å²) in [6, 6.07) is 9.64. The van der Waals surface area contributed by atoms with E-state index in [1.807, 2.05) is 0 Å². The van der Waals surface area contributed by atoms with Gasteiger partial charge in [0.05, 0.1) is 10.9 Å². The second-order valence-corrected chi connectivity index (χ2v) is 10.6. The zero-order valence-electron chi connectivity index (χ0n) is 25.7. The summed E-state index contributed by atoms with van der Waals surface area (Å²) in [5.74, 6) is -1.38. The van der Waals surface area contributed by atoms with Crippen LogP contribution in [0.2, 0.25) is 0 Å². The Morgan fingerprint density at radius 3 is 2.11 bits per heavy atom. The summed E-state index contributed by atoms with van der Waals surface area (Å²) in [6.07, 6.45) is -6.81. The molecule has 2 aliphatic rings. The first-order valence-corrected chi connectivity index (χ1v) is 14.4. The third-order valence-corrected chi connectivity index (χ3v) is 7.07. The Balaban J connectivity index is 1.50. The Hall–Kier alpha value is -5.11. The lowest BCUT2D eigenvalue weighted by Crippen LogP contribution is -2.63. The minimum absolute atomic E-state index is 0.128. The van der Waals surface area contributed by atoms with Crippen molar-refractivity contribution in [2.75, 3.05) is 19.8 Å². The predicted molar refractivity (Wildman–Crippen MR) is 156 cm³/mol. The maximum atomic E-state index is 13.6. The minimum atomic E-state index is -1.46. The molecule has 2 aromatic carbocycles. The zero-order valence-corrected chi connectivity index (χ0v) is 25.7. The fourth-order valence-electron chi connectivity index (χ4n) is 5.31. The van der Waals surface area contributed by atoms with Gasteiger partial charge in [0.25, 0.3) is 0 Å². The van der Waals surface area contributed by atoms with Crippen LogP contribution in [0.5, 0.6) is 17.2 Å². The lowest BCUT2D eigenvalue weighted by molar-refractivity contribution is -0.288. The van der Waals surface area contributed by atoms with E-state index in [-0.39, 0.29) is 22.1 Å². The molecular weight excluding hydrogens is 608 g/mol. The number of carbonyl (C=O) groups excluding carboxylic acids is 4. The molecule has 0 unspecified atom stereocenters. The van der Waals surface area contributed by atoms with Gasteiger partial charge in [-0.05, 0) is 36.8 Å². The number of fused-ring (bicyclic) bond motifs is 2. The van der Waals surface area contributed by atoms with Gasteiger partial charge in [0.15, 0.2) is 23.7 Å². The molecule has 3 heterocycles. The molecule has 0 radical (unpaired) electrons. The molecule has 14 heteroatoms. The van der Waals surface area contributed by atoms with Crippen LogP contribution in [0.4, 0.5) is 0 Å². The highest BCUT2D eigenvalue weighted by Crippen LogP contribution is 2.36. The first-order valence-electron chi connectivity index (χ1n) is 14.4. The number of esters is 4. The van der Waals surface area contributed by atoms with Crippen LogP contribution < -0.4 is 19.6 Å². The summed E-state index contributed by atoms with van der Waals surface area (Å²) in [6.45, 7) is 6.62. The van der Waals surface area contributed by atoms with Crippen LogP contribution in [0.25, 0.3) is 22.1 Å². The largest absolute Gasteiger partial charge is 0.486 e. The van der Waals surface area contributed by atoms with Crippen molar-refractivity contribution in [2.24, 2.45) is 0 Å². The highest BCUT2D eigenvalue weighted by atomic mass is 16.7. The average Bonchev–Trinajstić information content (AvgIpc) is 2.98. The summed E-state index contributed by atoms with van der Waals surface area (Å²) < 4.78 is 50.7. The Morgan fingerprint density at radius 2 is 1.43 bits per heavy atom. The minimum Gasteiger partial charge on any atom is -0.486 e. The lowest BCUT2D eigenvalue weighted by atomic mass is 9.98.